The summed E-state index contributed by atoms with van der Waals surface area (Å²) in [7, 11) is 0. The van der Waals surface area contributed by atoms with Gasteiger partial charge in [-0.25, -0.2) is 4.99 Å². The Bertz CT molecular complexity index is 1140. The minimum Gasteiger partial charge on any atom is -0.550 e. The number of fused-ring (bicyclic) bond motifs is 1. The molecule has 2 heterocycles. The number of aliphatic imine (C=N–C) groups is 1. The first kappa shape index (κ1) is 21.1. The van der Waals surface area contributed by atoms with Crippen molar-refractivity contribution in [3.05, 3.63) is 78.1 Å². The van der Waals surface area contributed by atoms with Crippen molar-refractivity contribution in [1.29, 1.82) is 0 Å². The summed E-state index contributed by atoms with van der Waals surface area (Å²) in [5, 5.41) is 12.3. The van der Waals surface area contributed by atoms with E-state index in [0.29, 0.717) is 29.4 Å². The Morgan fingerprint density at radius 3 is 2.35 bits per heavy atom. The molecule has 1 aliphatic heterocycles. The number of carboxylic acids is 1. The molecule has 0 aliphatic carbocycles. The van der Waals surface area contributed by atoms with E-state index in [1.807, 2.05) is 77.7 Å². The van der Waals surface area contributed by atoms with E-state index in [0.717, 1.165) is 16.7 Å². The molecular formula is C25H23N2O3S-. The molecule has 0 radical (unpaired) electrons. The van der Waals surface area contributed by atoms with Crippen LogP contribution in [0.1, 0.15) is 29.4 Å². The summed E-state index contributed by atoms with van der Waals surface area (Å²) in [6.07, 6.45) is 4.09. The quantitative estimate of drug-likeness (QED) is 0.587. The van der Waals surface area contributed by atoms with E-state index in [2.05, 4.69) is 0 Å². The maximum absolute atomic E-state index is 13.7. The normalized spacial score (nSPS) is 16.5. The Balaban J connectivity index is 1.91. The molecular weight excluding hydrogens is 408 g/mol. The molecule has 3 aromatic rings. The van der Waals surface area contributed by atoms with Gasteiger partial charge in [-0.1, -0.05) is 67.6 Å². The molecule has 1 aliphatic rings. The van der Waals surface area contributed by atoms with E-state index < -0.39 is 17.8 Å². The van der Waals surface area contributed by atoms with Gasteiger partial charge in [-0.2, -0.15) is 0 Å². The van der Waals surface area contributed by atoms with E-state index in [1.165, 1.54) is 11.8 Å². The van der Waals surface area contributed by atoms with Gasteiger partial charge in [0.2, 0.25) is 0 Å². The fourth-order valence-corrected chi connectivity index (χ4v) is 4.86. The number of carboxylic acid groups (broad SMARTS) is 1. The van der Waals surface area contributed by atoms with E-state index in [1.54, 1.807) is 6.92 Å². The van der Waals surface area contributed by atoms with Gasteiger partial charge in [-0.3, -0.25) is 4.79 Å². The van der Waals surface area contributed by atoms with E-state index >= 15 is 0 Å². The van der Waals surface area contributed by atoms with Gasteiger partial charge in [0.25, 0.3) is 0 Å². The second-order valence-corrected chi connectivity index (χ2v) is 8.38. The molecule has 158 valence electrons. The third-order valence-corrected chi connectivity index (χ3v) is 6.45. The molecule has 0 amide bonds. The smallest absolute Gasteiger partial charge is 0.191 e. The van der Waals surface area contributed by atoms with Crippen LogP contribution in [-0.2, 0) is 11.3 Å². The number of carbonyl (C=O) groups excluding carboxylic acids is 2. The predicted molar refractivity (Wildman–Crippen MR) is 123 cm³/mol. The number of hydrogen-bond donors (Lipinski definition) is 0. The van der Waals surface area contributed by atoms with Crippen LogP contribution < -0.4 is 5.11 Å². The Kier molecular flexibility index (Phi) is 6.09. The third-order valence-electron chi connectivity index (χ3n) is 5.69. The SMILES string of the molecule is CCC(C(=O)[O-])C1C(=O)c2c(c(-c3ccccc3)cn2Cc2ccccc2)N=C1SC. The van der Waals surface area contributed by atoms with E-state index in [-0.39, 0.29) is 5.78 Å². The van der Waals surface area contributed by atoms with Crippen molar-refractivity contribution >= 4 is 34.2 Å². The molecule has 2 atom stereocenters. The number of nitrogens with zero attached hydrogens (tertiary/aromatic N) is 2. The van der Waals surface area contributed by atoms with Crippen molar-refractivity contribution in [2.75, 3.05) is 6.26 Å². The summed E-state index contributed by atoms with van der Waals surface area (Å²) in [6, 6.07) is 19.7. The summed E-state index contributed by atoms with van der Waals surface area (Å²) in [5.74, 6) is -3.16. The van der Waals surface area contributed by atoms with Crippen LogP contribution in [0.4, 0.5) is 5.69 Å². The predicted octanol–water partition coefficient (Wildman–Crippen LogP) is 4.19. The second kappa shape index (κ2) is 8.94. The molecule has 0 spiro atoms. The zero-order chi connectivity index (χ0) is 22.0. The number of benzene rings is 2. The number of Topliss-reactive ketones (excluding diaryl/α,β-unsaturated/α-hetero) is 1. The van der Waals surface area contributed by atoms with Gasteiger partial charge < -0.3 is 14.5 Å². The summed E-state index contributed by atoms with van der Waals surface area (Å²) in [5.41, 5.74) is 3.96. The zero-order valence-corrected chi connectivity index (χ0v) is 18.3. The highest BCUT2D eigenvalue weighted by Gasteiger charge is 2.40. The van der Waals surface area contributed by atoms with Gasteiger partial charge in [-0.05, 0) is 23.8 Å². The minimum absolute atomic E-state index is 0.205. The fraction of sp³-hybridized carbons (Fsp3) is 0.240. The van der Waals surface area contributed by atoms with Crippen LogP contribution in [0.3, 0.4) is 0 Å². The van der Waals surface area contributed by atoms with Crippen molar-refractivity contribution < 1.29 is 14.7 Å². The van der Waals surface area contributed by atoms with Gasteiger partial charge in [0.15, 0.2) is 5.78 Å². The first-order chi connectivity index (χ1) is 15.0. The summed E-state index contributed by atoms with van der Waals surface area (Å²) < 4.78 is 1.91. The van der Waals surface area contributed by atoms with E-state index in [4.69, 9.17) is 4.99 Å². The highest BCUT2D eigenvalue weighted by molar-refractivity contribution is 8.13. The molecule has 0 N–H and O–H groups in total. The third kappa shape index (κ3) is 3.95. The number of ketones is 1. The Morgan fingerprint density at radius 1 is 1.13 bits per heavy atom. The van der Waals surface area contributed by atoms with Gasteiger partial charge in [-0.15, -0.1) is 11.8 Å². The first-order valence-electron chi connectivity index (χ1n) is 10.2. The highest BCUT2D eigenvalue weighted by Crippen LogP contribution is 2.43. The zero-order valence-electron chi connectivity index (χ0n) is 17.4. The van der Waals surface area contributed by atoms with Crippen LogP contribution in [0.2, 0.25) is 0 Å². The Morgan fingerprint density at radius 2 is 1.77 bits per heavy atom. The van der Waals surface area contributed by atoms with Crippen LogP contribution in [0.25, 0.3) is 11.1 Å². The number of carbonyl (C=O) groups is 2. The first-order valence-corrected chi connectivity index (χ1v) is 11.5. The van der Waals surface area contributed by atoms with Crippen molar-refractivity contribution in [2.45, 2.75) is 19.9 Å². The lowest BCUT2D eigenvalue weighted by Gasteiger charge is -2.29. The lowest BCUT2D eigenvalue weighted by molar-refractivity contribution is -0.312. The molecule has 0 fully saturated rings. The maximum atomic E-state index is 13.7. The fourth-order valence-electron chi connectivity index (χ4n) is 4.16. The molecule has 0 bridgehead atoms. The largest absolute Gasteiger partial charge is 0.550 e. The second-order valence-electron chi connectivity index (χ2n) is 7.55. The van der Waals surface area contributed by atoms with Crippen molar-refractivity contribution in [3.8, 4) is 11.1 Å². The average molecular weight is 432 g/mol. The highest BCUT2D eigenvalue weighted by atomic mass is 32.2. The Hall–Kier alpha value is -3.12. The molecule has 5 nitrogen and oxygen atoms in total. The standard InChI is InChI=1S/C25H24N2O3S/c1-3-18(25(29)30)20-23(28)22-21(26-24(20)31-2)19(17-12-8-5-9-13-17)15-27(22)14-16-10-6-4-7-11-16/h4-13,15,18,20H,3,14H2,1-2H3,(H,29,30)/p-1. The molecule has 2 unspecified atom stereocenters. The maximum Gasteiger partial charge on any atom is 0.191 e. The van der Waals surface area contributed by atoms with Gasteiger partial charge in [0, 0.05) is 30.2 Å². The van der Waals surface area contributed by atoms with Crippen molar-refractivity contribution in [2.24, 2.45) is 16.8 Å². The van der Waals surface area contributed by atoms with Crippen LogP contribution in [-0.4, -0.2) is 27.6 Å². The topological polar surface area (TPSA) is 74.5 Å². The molecule has 0 saturated carbocycles. The van der Waals surface area contributed by atoms with Crippen LogP contribution in [0, 0.1) is 11.8 Å². The van der Waals surface area contributed by atoms with Crippen molar-refractivity contribution in [3.63, 3.8) is 0 Å². The number of rotatable bonds is 6. The van der Waals surface area contributed by atoms with Gasteiger partial charge >= 0.3 is 0 Å². The number of aromatic nitrogens is 1. The minimum atomic E-state index is -1.21. The van der Waals surface area contributed by atoms with Crippen LogP contribution >= 0.6 is 11.8 Å². The molecule has 6 heteroatoms. The molecule has 1 aromatic heterocycles. The lowest BCUT2D eigenvalue weighted by Crippen LogP contribution is -2.43. The lowest BCUT2D eigenvalue weighted by atomic mass is 9.84. The molecule has 0 saturated heterocycles. The molecule has 31 heavy (non-hydrogen) atoms. The molecule has 2 aromatic carbocycles. The Labute approximate surface area is 185 Å². The number of hydrogen-bond acceptors (Lipinski definition) is 5. The molecule has 4 rings (SSSR count). The summed E-state index contributed by atoms with van der Waals surface area (Å²) >= 11 is 1.33. The summed E-state index contributed by atoms with van der Waals surface area (Å²) in [4.78, 5) is 30.4. The number of aliphatic carboxylic acids is 1. The van der Waals surface area contributed by atoms with Crippen LogP contribution in [0.5, 0.6) is 0 Å². The van der Waals surface area contributed by atoms with E-state index in [9.17, 15) is 14.7 Å². The van der Waals surface area contributed by atoms with Gasteiger partial charge in [0.1, 0.15) is 11.4 Å². The average Bonchev–Trinajstić information content (AvgIpc) is 3.15. The monoisotopic (exact) mass is 431 g/mol. The van der Waals surface area contributed by atoms with Gasteiger partial charge in [0.05, 0.1) is 11.0 Å². The van der Waals surface area contributed by atoms with Crippen molar-refractivity contribution in [1.82, 2.24) is 4.57 Å². The number of thioether (sulfide) groups is 1. The summed E-state index contributed by atoms with van der Waals surface area (Å²) in [6.45, 7) is 2.26. The van der Waals surface area contributed by atoms with Crippen LogP contribution in [0.15, 0.2) is 71.9 Å².